The molecule has 0 saturated heterocycles. The molecule has 0 aliphatic rings. The van der Waals surface area contributed by atoms with Gasteiger partial charge in [0.2, 0.25) is 0 Å². The van der Waals surface area contributed by atoms with Gasteiger partial charge in [-0.1, -0.05) is 52.5 Å². The Morgan fingerprint density at radius 1 is 0.895 bits per heavy atom. The van der Waals surface area contributed by atoms with E-state index >= 15 is 0 Å². The van der Waals surface area contributed by atoms with E-state index in [-0.39, 0.29) is 0 Å². The average Bonchev–Trinajstić information content (AvgIpc) is 2.34. The zero-order valence-electron chi connectivity index (χ0n) is 10.1. The first-order valence-corrected chi connectivity index (χ1v) is 7.12. The minimum absolute atomic E-state index is 0.444. The summed E-state index contributed by atoms with van der Waals surface area (Å²) in [4.78, 5) is 0. The summed E-state index contributed by atoms with van der Waals surface area (Å²) in [5.74, 6) is 0. The van der Waals surface area contributed by atoms with Gasteiger partial charge in [0.25, 0.3) is 0 Å². The smallest absolute Gasteiger partial charge is 0.0653 e. The number of hydrogen-bond donors (Lipinski definition) is 1. The molecule has 0 atom stereocenters. The van der Waals surface area contributed by atoms with Gasteiger partial charge in [0.05, 0.1) is 20.8 Å². The van der Waals surface area contributed by atoms with Crippen molar-refractivity contribution < 1.29 is 0 Å². The molecule has 100 valence electrons. The molecular weight excluding hydrogens is 324 g/mol. The second-order valence-corrected chi connectivity index (χ2v) is 5.83. The summed E-state index contributed by atoms with van der Waals surface area (Å²) in [6.45, 7) is 2.65. The normalized spacial score (nSPS) is 10.6. The van der Waals surface area contributed by atoms with Gasteiger partial charge in [-0.2, -0.15) is 0 Å². The second kappa shape index (κ2) is 6.23. The van der Waals surface area contributed by atoms with Crippen LogP contribution < -0.4 is 5.32 Å². The molecule has 2 aromatic carbocycles. The van der Waals surface area contributed by atoms with Gasteiger partial charge in [-0.25, -0.2) is 0 Å². The van der Waals surface area contributed by atoms with E-state index in [9.17, 15) is 0 Å². The van der Waals surface area contributed by atoms with Crippen LogP contribution in [0.15, 0.2) is 30.3 Å². The Balaban J connectivity index is 2.16. The second-order valence-electron chi connectivity index (χ2n) is 4.17. The van der Waals surface area contributed by atoms with Crippen molar-refractivity contribution in [3.8, 4) is 0 Å². The highest BCUT2D eigenvalue weighted by Crippen LogP contribution is 2.32. The first-order chi connectivity index (χ1) is 8.97. The topological polar surface area (TPSA) is 12.0 Å². The SMILES string of the molecule is Cc1cc(Cl)ccc1CNc1cc(Cl)c(Cl)cc1Cl. The molecule has 5 heteroatoms. The summed E-state index contributed by atoms with van der Waals surface area (Å²) in [5.41, 5.74) is 3.02. The Hall–Kier alpha value is -0.600. The molecule has 1 N–H and O–H groups in total. The van der Waals surface area contributed by atoms with Gasteiger partial charge in [-0.3, -0.25) is 0 Å². The van der Waals surface area contributed by atoms with Gasteiger partial charge in [0, 0.05) is 11.6 Å². The highest BCUT2D eigenvalue weighted by molar-refractivity contribution is 6.44. The highest BCUT2D eigenvalue weighted by atomic mass is 35.5. The van der Waals surface area contributed by atoms with E-state index in [1.54, 1.807) is 12.1 Å². The number of aryl methyl sites for hydroxylation is 1. The molecule has 0 amide bonds. The minimum Gasteiger partial charge on any atom is -0.380 e. The van der Waals surface area contributed by atoms with Crippen molar-refractivity contribution in [1.82, 2.24) is 0 Å². The zero-order chi connectivity index (χ0) is 14.0. The van der Waals surface area contributed by atoms with Crippen molar-refractivity contribution in [3.63, 3.8) is 0 Å². The van der Waals surface area contributed by atoms with E-state index in [4.69, 9.17) is 46.4 Å². The van der Waals surface area contributed by atoms with Crippen LogP contribution in [0.1, 0.15) is 11.1 Å². The number of hydrogen-bond acceptors (Lipinski definition) is 1. The summed E-state index contributed by atoms with van der Waals surface area (Å²) >= 11 is 23.9. The fourth-order valence-electron chi connectivity index (χ4n) is 1.71. The lowest BCUT2D eigenvalue weighted by molar-refractivity contribution is 1.12. The first kappa shape index (κ1) is 14.8. The Kier molecular flexibility index (Phi) is 4.86. The number of halogens is 4. The Labute approximate surface area is 132 Å². The third-order valence-corrected chi connectivity index (χ3v) is 4.05. The molecule has 0 fully saturated rings. The van der Waals surface area contributed by atoms with Crippen molar-refractivity contribution in [2.45, 2.75) is 13.5 Å². The molecular formula is C14H11Cl4N. The molecule has 0 bridgehead atoms. The van der Waals surface area contributed by atoms with Gasteiger partial charge in [0.15, 0.2) is 0 Å². The first-order valence-electron chi connectivity index (χ1n) is 5.61. The molecule has 2 aromatic rings. The Bertz CT molecular complexity index is 611. The molecule has 0 spiro atoms. The molecule has 0 heterocycles. The lowest BCUT2D eigenvalue weighted by Gasteiger charge is -2.11. The van der Waals surface area contributed by atoms with Crippen LogP contribution in [0.5, 0.6) is 0 Å². The standard InChI is InChI=1S/C14H11Cl4N/c1-8-4-10(15)3-2-9(8)7-19-14-6-12(17)11(16)5-13(14)18/h2-6,19H,7H2,1H3. The van der Waals surface area contributed by atoms with E-state index in [2.05, 4.69) is 5.32 Å². The molecule has 0 unspecified atom stereocenters. The van der Waals surface area contributed by atoms with Gasteiger partial charge in [-0.15, -0.1) is 0 Å². The molecule has 0 aliphatic heterocycles. The molecule has 0 saturated carbocycles. The van der Waals surface area contributed by atoms with Crippen LogP contribution in [-0.4, -0.2) is 0 Å². The van der Waals surface area contributed by atoms with E-state index in [0.29, 0.717) is 21.6 Å². The summed E-state index contributed by atoms with van der Waals surface area (Å²) in [6.07, 6.45) is 0. The molecule has 2 rings (SSSR count). The largest absolute Gasteiger partial charge is 0.380 e. The van der Waals surface area contributed by atoms with Crippen LogP contribution in [0.4, 0.5) is 5.69 Å². The quantitative estimate of drug-likeness (QED) is 0.657. The lowest BCUT2D eigenvalue weighted by atomic mass is 10.1. The number of anilines is 1. The molecule has 1 nitrogen and oxygen atoms in total. The minimum atomic E-state index is 0.444. The maximum absolute atomic E-state index is 6.11. The summed E-state index contributed by atoms with van der Waals surface area (Å²) in [6, 6.07) is 9.12. The monoisotopic (exact) mass is 333 g/mol. The maximum atomic E-state index is 6.11. The average molecular weight is 335 g/mol. The van der Waals surface area contributed by atoms with Crippen LogP contribution >= 0.6 is 46.4 Å². The fraction of sp³-hybridized carbons (Fsp3) is 0.143. The van der Waals surface area contributed by atoms with Crippen LogP contribution in [0.2, 0.25) is 20.1 Å². The number of nitrogens with one attached hydrogen (secondary N) is 1. The van der Waals surface area contributed by atoms with Crippen molar-refractivity contribution in [1.29, 1.82) is 0 Å². The predicted octanol–water partition coefficient (Wildman–Crippen LogP) is 6.22. The van der Waals surface area contributed by atoms with Crippen molar-refractivity contribution in [2.24, 2.45) is 0 Å². The molecule has 19 heavy (non-hydrogen) atoms. The van der Waals surface area contributed by atoms with Gasteiger partial charge in [0.1, 0.15) is 0 Å². The third kappa shape index (κ3) is 3.70. The van der Waals surface area contributed by atoms with Crippen molar-refractivity contribution in [3.05, 3.63) is 61.5 Å². The Morgan fingerprint density at radius 2 is 1.58 bits per heavy atom. The number of benzene rings is 2. The van der Waals surface area contributed by atoms with E-state index < -0.39 is 0 Å². The van der Waals surface area contributed by atoms with Crippen molar-refractivity contribution in [2.75, 3.05) is 5.32 Å². The van der Waals surface area contributed by atoms with E-state index in [1.165, 1.54) is 0 Å². The highest BCUT2D eigenvalue weighted by Gasteiger charge is 2.06. The summed E-state index contributed by atoms with van der Waals surface area (Å²) in [7, 11) is 0. The van der Waals surface area contributed by atoms with Crippen molar-refractivity contribution >= 4 is 52.1 Å². The zero-order valence-corrected chi connectivity index (χ0v) is 13.1. The van der Waals surface area contributed by atoms with Gasteiger partial charge in [-0.05, 0) is 42.3 Å². The predicted molar refractivity (Wildman–Crippen MR) is 85.0 cm³/mol. The summed E-state index contributed by atoms with van der Waals surface area (Å²) < 4.78 is 0. The van der Waals surface area contributed by atoms with Crippen LogP contribution in [-0.2, 0) is 6.54 Å². The van der Waals surface area contributed by atoms with Gasteiger partial charge >= 0.3 is 0 Å². The molecule has 0 aromatic heterocycles. The number of rotatable bonds is 3. The lowest BCUT2D eigenvalue weighted by Crippen LogP contribution is -2.01. The van der Waals surface area contributed by atoms with Crippen LogP contribution in [0.3, 0.4) is 0 Å². The van der Waals surface area contributed by atoms with E-state index in [1.807, 2.05) is 25.1 Å². The fourth-order valence-corrected chi connectivity index (χ4v) is 2.55. The molecule has 0 aliphatic carbocycles. The maximum Gasteiger partial charge on any atom is 0.0653 e. The van der Waals surface area contributed by atoms with Crippen LogP contribution in [0, 0.1) is 6.92 Å². The van der Waals surface area contributed by atoms with Crippen LogP contribution in [0.25, 0.3) is 0 Å². The van der Waals surface area contributed by atoms with Gasteiger partial charge < -0.3 is 5.32 Å². The summed E-state index contributed by atoms with van der Waals surface area (Å²) in [5, 5.41) is 5.43. The molecule has 0 radical (unpaired) electrons. The Morgan fingerprint density at radius 3 is 2.26 bits per heavy atom. The van der Waals surface area contributed by atoms with E-state index in [0.717, 1.165) is 21.8 Å². The third-order valence-electron chi connectivity index (χ3n) is 2.78.